The Kier molecular flexibility index (Phi) is 6.02. The van der Waals surface area contributed by atoms with E-state index in [-0.39, 0.29) is 5.91 Å². The van der Waals surface area contributed by atoms with Crippen LogP contribution in [0.5, 0.6) is 0 Å². The van der Waals surface area contributed by atoms with Crippen molar-refractivity contribution in [3.8, 4) is 0 Å². The number of hydrogen-bond donors (Lipinski definition) is 2. The second-order valence-corrected chi connectivity index (χ2v) is 5.49. The second-order valence-electron chi connectivity index (χ2n) is 5.49. The normalized spacial score (nSPS) is 19.8. The summed E-state index contributed by atoms with van der Waals surface area (Å²) in [5, 5.41) is 6.50. The molecule has 1 aliphatic heterocycles. The Morgan fingerprint density at radius 2 is 2.15 bits per heavy atom. The predicted molar refractivity (Wildman–Crippen MR) is 81.4 cm³/mol. The summed E-state index contributed by atoms with van der Waals surface area (Å²) in [6.07, 6.45) is 2.47. The number of piperidine rings is 1. The lowest BCUT2D eigenvalue weighted by molar-refractivity contribution is -0.119. The summed E-state index contributed by atoms with van der Waals surface area (Å²) < 4.78 is 0. The highest BCUT2D eigenvalue weighted by molar-refractivity contribution is 5.72. The minimum atomic E-state index is 0.0563. The molecule has 2 rings (SSSR count). The molecular weight excluding hydrogens is 250 g/mol. The third-order valence-electron chi connectivity index (χ3n) is 3.75. The number of nitrogens with zero attached hydrogens (tertiary/aromatic N) is 1. The van der Waals surface area contributed by atoms with Crippen LogP contribution in [0.4, 0.5) is 0 Å². The van der Waals surface area contributed by atoms with Crippen LogP contribution in [0.2, 0.25) is 0 Å². The van der Waals surface area contributed by atoms with Crippen LogP contribution in [-0.2, 0) is 11.3 Å². The summed E-state index contributed by atoms with van der Waals surface area (Å²) in [5.74, 6) is 0.0563. The van der Waals surface area contributed by atoms with Crippen molar-refractivity contribution in [2.24, 2.45) is 0 Å². The number of rotatable bonds is 6. The highest BCUT2D eigenvalue weighted by atomic mass is 16.1. The number of amides is 1. The number of hydrogen-bond acceptors (Lipinski definition) is 3. The molecule has 0 aliphatic carbocycles. The van der Waals surface area contributed by atoms with Crippen LogP contribution in [0.1, 0.15) is 25.3 Å². The Morgan fingerprint density at radius 1 is 1.35 bits per heavy atom. The zero-order valence-electron chi connectivity index (χ0n) is 12.3. The predicted octanol–water partition coefficient (Wildman–Crippen LogP) is 1.38. The molecule has 0 radical (unpaired) electrons. The fourth-order valence-electron chi connectivity index (χ4n) is 2.67. The summed E-state index contributed by atoms with van der Waals surface area (Å²) in [6, 6.07) is 11.1. The first kappa shape index (κ1) is 15.0. The van der Waals surface area contributed by atoms with Gasteiger partial charge in [-0.25, -0.2) is 0 Å². The maximum absolute atomic E-state index is 10.9. The molecule has 1 aliphatic rings. The SMILES string of the molecule is CC(=O)NCCN1CCCC(NCc2ccccc2)C1. The first-order valence-corrected chi connectivity index (χ1v) is 7.48. The van der Waals surface area contributed by atoms with E-state index in [1.807, 2.05) is 6.07 Å². The van der Waals surface area contributed by atoms with Gasteiger partial charge in [-0.1, -0.05) is 30.3 Å². The van der Waals surface area contributed by atoms with Gasteiger partial charge in [-0.05, 0) is 24.9 Å². The zero-order valence-corrected chi connectivity index (χ0v) is 12.3. The monoisotopic (exact) mass is 275 g/mol. The molecule has 0 saturated carbocycles. The van der Waals surface area contributed by atoms with Crippen LogP contribution in [0.3, 0.4) is 0 Å². The van der Waals surface area contributed by atoms with E-state index >= 15 is 0 Å². The molecule has 0 bridgehead atoms. The molecular formula is C16H25N3O. The second kappa shape index (κ2) is 8.02. The van der Waals surface area contributed by atoms with Crippen molar-refractivity contribution in [3.05, 3.63) is 35.9 Å². The van der Waals surface area contributed by atoms with Crippen molar-refractivity contribution >= 4 is 5.91 Å². The molecule has 1 fully saturated rings. The van der Waals surface area contributed by atoms with Gasteiger partial charge in [0.05, 0.1) is 0 Å². The lowest BCUT2D eigenvalue weighted by Gasteiger charge is -2.33. The smallest absolute Gasteiger partial charge is 0.216 e. The van der Waals surface area contributed by atoms with Gasteiger partial charge in [0, 0.05) is 39.1 Å². The molecule has 1 unspecified atom stereocenters. The number of benzene rings is 1. The third-order valence-corrected chi connectivity index (χ3v) is 3.75. The van der Waals surface area contributed by atoms with Gasteiger partial charge in [0.2, 0.25) is 5.91 Å². The number of carbonyl (C=O) groups is 1. The molecule has 1 aromatic rings. The molecule has 1 amide bonds. The molecule has 1 saturated heterocycles. The van der Waals surface area contributed by atoms with Gasteiger partial charge >= 0.3 is 0 Å². The van der Waals surface area contributed by atoms with Gasteiger partial charge in [0.1, 0.15) is 0 Å². The maximum atomic E-state index is 10.9. The topological polar surface area (TPSA) is 44.4 Å². The quantitative estimate of drug-likeness (QED) is 0.824. The van der Waals surface area contributed by atoms with Crippen molar-refractivity contribution < 1.29 is 4.79 Å². The number of carbonyl (C=O) groups excluding carboxylic acids is 1. The van der Waals surface area contributed by atoms with Gasteiger partial charge in [0.15, 0.2) is 0 Å². The molecule has 1 heterocycles. The van der Waals surface area contributed by atoms with Crippen molar-refractivity contribution in [2.75, 3.05) is 26.2 Å². The average Bonchev–Trinajstić information content (AvgIpc) is 2.46. The lowest BCUT2D eigenvalue weighted by Crippen LogP contribution is -2.47. The Morgan fingerprint density at radius 3 is 2.90 bits per heavy atom. The molecule has 110 valence electrons. The third kappa shape index (κ3) is 5.31. The van der Waals surface area contributed by atoms with Crippen LogP contribution in [0.15, 0.2) is 30.3 Å². The Hall–Kier alpha value is -1.39. The van der Waals surface area contributed by atoms with E-state index in [0.717, 1.165) is 32.7 Å². The first-order chi connectivity index (χ1) is 9.74. The van der Waals surface area contributed by atoms with E-state index in [0.29, 0.717) is 6.04 Å². The number of nitrogens with one attached hydrogen (secondary N) is 2. The fraction of sp³-hybridized carbons (Fsp3) is 0.562. The molecule has 4 nitrogen and oxygen atoms in total. The highest BCUT2D eigenvalue weighted by Crippen LogP contribution is 2.10. The fourth-order valence-corrected chi connectivity index (χ4v) is 2.67. The molecule has 0 spiro atoms. The summed E-state index contributed by atoms with van der Waals surface area (Å²) >= 11 is 0. The standard InChI is InChI=1S/C16H25N3O/c1-14(20)17-9-11-19-10-5-8-16(13-19)18-12-15-6-3-2-4-7-15/h2-4,6-7,16,18H,5,8-13H2,1H3,(H,17,20). The summed E-state index contributed by atoms with van der Waals surface area (Å²) in [4.78, 5) is 13.3. The van der Waals surface area contributed by atoms with E-state index in [1.165, 1.54) is 18.4 Å². The maximum Gasteiger partial charge on any atom is 0.216 e. The molecule has 0 aromatic heterocycles. The Balaban J connectivity index is 1.69. The molecule has 1 atom stereocenters. The van der Waals surface area contributed by atoms with Crippen LogP contribution < -0.4 is 10.6 Å². The van der Waals surface area contributed by atoms with Crippen LogP contribution in [0, 0.1) is 0 Å². The van der Waals surface area contributed by atoms with E-state index in [4.69, 9.17) is 0 Å². The van der Waals surface area contributed by atoms with Gasteiger partial charge in [-0.3, -0.25) is 4.79 Å². The van der Waals surface area contributed by atoms with Crippen LogP contribution in [0.25, 0.3) is 0 Å². The highest BCUT2D eigenvalue weighted by Gasteiger charge is 2.18. The Labute approximate surface area is 121 Å². The van der Waals surface area contributed by atoms with Crippen molar-refractivity contribution in [3.63, 3.8) is 0 Å². The summed E-state index contributed by atoms with van der Waals surface area (Å²) in [6.45, 7) is 6.42. The molecule has 2 N–H and O–H groups in total. The van der Waals surface area contributed by atoms with Crippen molar-refractivity contribution in [1.29, 1.82) is 0 Å². The molecule has 1 aromatic carbocycles. The first-order valence-electron chi connectivity index (χ1n) is 7.48. The summed E-state index contributed by atoms with van der Waals surface area (Å²) in [7, 11) is 0. The summed E-state index contributed by atoms with van der Waals surface area (Å²) in [5.41, 5.74) is 1.34. The largest absolute Gasteiger partial charge is 0.355 e. The van der Waals surface area contributed by atoms with Crippen LogP contribution >= 0.6 is 0 Å². The van der Waals surface area contributed by atoms with E-state index < -0.39 is 0 Å². The van der Waals surface area contributed by atoms with Crippen LogP contribution in [-0.4, -0.2) is 43.0 Å². The van der Waals surface area contributed by atoms with E-state index in [9.17, 15) is 4.79 Å². The minimum Gasteiger partial charge on any atom is -0.355 e. The molecule has 4 heteroatoms. The Bertz CT molecular complexity index is 407. The zero-order chi connectivity index (χ0) is 14.2. The van der Waals surface area contributed by atoms with Gasteiger partial charge < -0.3 is 15.5 Å². The van der Waals surface area contributed by atoms with Crippen molar-refractivity contribution in [1.82, 2.24) is 15.5 Å². The minimum absolute atomic E-state index is 0.0563. The number of likely N-dealkylation sites (tertiary alicyclic amines) is 1. The van der Waals surface area contributed by atoms with Gasteiger partial charge in [-0.15, -0.1) is 0 Å². The molecule has 20 heavy (non-hydrogen) atoms. The van der Waals surface area contributed by atoms with Gasteiger partial charge in [0.25, 0.3) is 0 Å². The average molecular weight is 275 g/mol. The lowest BCUT2D eigenvalue weighted by atomic mass is 10.1. The van der Waals surface area contributed by atoms with Crippen molar-refractivity contribution in [2.45, 2.75) is 32.4 Å². The van der Waals surface area contributed by atoms with Gasteiger partial charge in [-0.2, -0.15) is 0 Å². The van der Waals surface area contributed by atoms with E-state index in [2.05, 4.69) is 39.8 Å². The van der Waals surface area contributed by atoms with E-state index in [1.54, 1.807) is 6.92 Å².